The molecule has 21 heavy (non-hydrogen) atoms. The first-order valence-corrected chi connectivity index (χ1v) is 7.17. The molecule has 5 heteroatoms. The Morgan fingerprint density at radius 2 is 2.05 bits per heavy atom. The summed E-state index contributed by atoms with van der Waals surface area (Å²) in [5.74, 6) is -0.530. The first kappa shape index (κ1) is 13.3. The van der Waals surface area contributed by atoms with Crippen molar-refractivity contribution in [1.82, 2.24) is 4.98 Å². The summed E-state index contributed by atoms with van der Waals surface area (Å²) in [6.07, 6.45) is 4.25. The summed E-state index contributed by atoms with van der Waals surface area (Å²) >= 11 is 1.54. The van der Waals surface area contributed by atoms with E-state index in [1.165, 1.54) is 11.3 Å². The molecule has 0 unspecified atom stereocenters. The number of pyridine rings is 1. The summed E-state index contributed by atoms with van der Waals surface area (Å²) < 4.78 is 0.943. The molecule has 0 aliphatic rings. The summed E-state index contributed by atoms with van der Waals surface area (Å²) in [7, 11) is 0. The number of carbonyl (C=O) groups is 1. The number of nitrogens with two attached hydrogens (primary N) is 1. The van der Waals surface area contributed by atoms with Gasteiger partial charge in [-0.2, -0.15) is 0 Å². The highest BCUT2D eigenvalue weighted by molar-refractivity contribution is 7.18. The van der Waals surface area contributed by atoms with Crippen molar-refractivity contribution in [2.24, 2.45) is 0 Å². The number of benzene rings is 1. The molecule has 0 fully saturated rings. The molecule has 1 aromatic carbocycles. The van der Waals surface area contributed by atoms with Crippen molar-refractivity contribution in [2.75, 3.05) is 5.73 Å². The third-order valence-electron chi connectivity index (χ3n) is 3.14. The lowest BCUT2D eigenvalue weighted by Crippen LogP contribution is -1.93. The lowest BCUT2D eigenvalue weighted by atomic mass is 10.0. The molecule has 0 radical (unpaired) electrons. The topological polar surface area (TPSA) is 76.2 Å². The molecule has 2 heterocycles. The molecule has 0 atom stereocenters. The van der Waals surface area contributed by atoms with E-state index in [1.54, 1.807) is 12.3 Å². The van der Waals surface area contributed by atoms with Crippen LogP contribution in [-0.2, 0) is 4.79 Å². The van der Waals surface area contributed by atoms with E-state index in [0.29, 0.717) is 5.82 Å². The third kappa shape index (κ3) is 2.51. The summed E-state index contributed by atoms with van der Waals surface area (Å²) in [4.78, 5) is 14.9. The summed E-state index contributed by atoms with van der Waals surface area (Å²) in [6, 6.07) is 9.93. The van der Waals surface area contributed by atoms with E-state index in [2.05, 4.69) is 4.98 Å². The van der Waals surface area contributed by atoms with Crippen LogP contribution in [0.1, 0.15) is 5.56 Å². The Morgan fingerprint density at radius 3 is 2.76 bits per heavy atom. The van der Waals surface area contributed by atoms with Gasteiger partial charge in [-0.3, -0.25) is 0 Å². The predicted octanol–water partition coefficient (Wildman–Crippen LogP) is 3.64. The van der Waals surface area contributed by atoms with Gasteiger partial charge < -0.3 is 10.8 Å². The van der Waals surface area contributed by atoms with Gasteiger partial charge in [0.2, 0.25) is 0 Å². The number of hydrogen-bond acceptors (Lipinski definition) is 4. The first-order chi connectivity index (χ1) is 10.2. The van der Waals surface area contributed by atoms with Crippen LogP contribution in [0.4, 0.5) is 5.82 Å². The normalized spacial score (nSPS) is 11.2. The number of carboxylic acids is 1. The summed E-state index contributed by atoms with van der Waals surface area (Å²) in [5.41, 5.74) is 8.86. The minimum absolute atomic E-state index is 0.456. The second kappa shape index (κ2) is 5.38. The molecule has 3 N–H and O–H groups in total. The highest BCUT2D eigenvalue weighted by Gasteiger charge is 2.12. The molecule has 4 nitrogen and oxygen atoms in total. The van der Waals surface area contributed by atoms with Crippen LogP contribution in [-0.4, -0.2) is 16.1 Å². The Morgan fingerprint density at radius 1 is 1.29 bits per heavy atom. The third-order valence-corrected chi connectivity index (χ3v) is 4.17. The van der Waals surface area contributed by atoms with Gasteiger partial charge in [0.25, 0.3) is 0 Å². The fourth-order valence-electron chi connectivity index (χ4n) is 2.20. The number of anilines is 1. The van der Waals surface area contributed by atoms with Gasteiger partial charge in [-0.15, -0.1) is 11.3 Å². The Hall–Kier alpha value is -2.66. The first-order valence-electron chi connectivity index (χ1n) is 6.29. The molecule has 3 rings (SSSR count). The van der Waals surface area contributed by atoms with Crippen molar-refractivity contribution in [3.8, 4) is 11.1 Å². The van der Waals surface area contributed by atoms with Crippen LogP contribution in [0.15, 0.2) is 48.0 Å². The van der Waals surface area contributed by atoms with E-state index in [1.807, 2.05) is 35.7 Å². The van der Waals surface area contributed by atoms with Gasteiger partial charge in [-0.1, -0.05) is 30.3 Å². The number of aromatic nitrogens is 1. The number of carboxylic acid groups (broad SMARTS) is 1. The maximum absolute atomic E-state index is 10.7. The molecule has 0 saturated heterocycles. The number of rotatable bonds is 3. The van der Waals surface area contributed by atoms with E-state index < -0.39 is 5.97 Å². The van der Waals surface area contributed by atoms with E-state index in [0.717, 1.165) is 32.9 Å². The van der Waals surface area contributed by atoms with E-state index in [-0.39, 0.29) is 0 Å². The van der Waals surface area contributed by atoms with Gasteiger partial charge in [-0.05, 0) is 17.0 Å². The second-order valence-electron chi connectivity index (χ2n) is 4.49. The maximum atomic E-state index is 10.7. The number of hydrogen-bond donors (Lipinski definition) is 2. The Bertz CT molecular complexity index is 838. The fraction of sp³-hybridized carbons (Fsp3) is 0. The van der Waals surface area contributed by atoms with Crippen molar-refractivity contribution in [1.29, 1.82) is 0 Å². The molecular formula is C16H12N2O2S. The van der Waals surface area contributed by atoms with E-state index in [9.17, 15) is 4.79 Å². The summed E-state index contributed by atoms with van der Waals surface area (Å²) in [6.45, 7) is 0. The molecule has 0 saturated carbocycles. The fourth-order valence-corrected chi connectivity index (χ4v) is 3.28. The number of nitrogen functional groups attached to an aromatic ring is 1. The van der Waals surface area contributed by atoms with Crippen LogP contribution in [0.25, 0.3) is 27.3 Å². The van der Waals surface area contributed by atoms with Crippen molar-refractivity contribution in [2.45, 2.75) is 0 Å². The summed E-state index contributed by atoms with van der Waals surface area (Å²) in [5, 5.41) is 11.7. The zero-order valence-electron chi connectivity index (χ0n) is 11.0. The molecule has 0 bridgehead atoms. The lowest BCUT2D eigenvalue weighted by molar-refractivity contribution is -0.131. The number of fused-ring (bicyclic) bond motifs is 1. The van der Waals surface area contributed by atoms with Crippen molar-refractivity contribution in [3.05, 3.63) is 53.5 Å². The number of aliphatic carboxylic acids is 1. The standard InChI is InChI=1S/C16H12N2O2S/c17-16-14-12(10-4-2-1-3-5-10)9-21-15(14)11(8-18-16)6-7-13(19)20/h1-9H,(H2,17,18)(H,19,20). The number of nitrogens with zero attached hydrogens (tertiary/aromatic N) is 1. The van der Waals surface area contributed by atoms with E-state index in [4.69, 9.17) is 10.8 Å². The average molecular weight is 296 g/mol. The van der Waals surface area contributed by atoms with Crippen molar-refractivity contribution >= 4 is 39.3 Å². The van der Waals surface area contributed by atoms with Crippen LogP contribution in [0, 0.1) is 0 Å². The molecule has 104 valence electrons. The molecule has 0 spiro atoms. The zero-order valence-corrected chi connectivity index (χ0v) is 11.8. The molecule has 0 aliphatic heterocycles. The quantitative estimate of drug-likeness (QED) is 0.723. The lowest BCUT2D eigenvalue weighted by Gasteiger charge is -2.03. The Balaban J connectivity index is 2.22. The minimum atomic E-state index is -0.986. The van der Waals surface area contributed by atoms with Crippen molar-refractivity contribution in [3.63, 3.8) is 0 Å². The number of thiophene rings is 1. The van der Waals surface area contributed by atoms with Gasteiger partial charge in [-0.25, -0.2) is 9.78 Å². The smallest absolute Gasteiger partial charge is 0.328 e. The minimum Gasteiger partial charge on any atom is -0.478 e. The molecule has 0 amide bonds. The van der Waals surface area contributed by atoms with Crippen LogP contribution in [0.5, 0.6) is 0 Å². The van der Waals surface area contributed by atoms with Gasteiger partial charge in [0, 0.05) is 33.5 Å². The van der Waals surface area contributed by atoms with Gasteiger partial charge in [0.1, 0.15) is 5.82 Å². The van der Waals surface area contributed by atoms with Crippen molar-refractivity contribution < 1.29 is 9.90 Å². The monoisotopic (exact) mass is 296 g/mol. The van der Waals surface area contributed by atoms with E-state index >= 15 is 0 Å². The SMILES string of the molecule is Nc1ncc(C=CC(=O)O)c2scc(-c3ccccc3)c12. The Labute approximate surface area is 125 Å². The molecule has 3 aromatic rings. The second-order valence-corrected chi connectivity index (χ2v) is 5.37. The zero-order chi connectivity index (χ0) is 14.8. The van der Waals surface area contributed by atoms with Crippen LogP contribution < -0.4 is 5.73 Å². The molecule has 0 aliphatic carbocycles. The Kier molecular flexibility index (Phi) is 3.41. The largest absolute Gasteiger partial charge is 0.478 e. The van der Waals surface area contributed by atoms with Gasteiger partial charge in [0.15, 0.2) is 0 Å². The molecule has 2 aromatic heterocycles. The highest BCUT2D eigenvalue weighted by Crippen LogP contribution is 2.38. The maximum Gasteiger partial charge on any atom is 0.328 e. The van der Waals surface area contributed by atoms with Crippen LogP contribution >= 0.6 is 11.3 Å². The average Bonchev–Trinajstić information content (AvgIpc) is 2.93. The van der Waals surface area contributed by atoms with Crippen LogP contribution in [0.2, 0.25) is 0 Å². The van der Waals surface area contributed by atoms with Gasteiger partial charge >= 0.3 is 5.97 Å². The van der Waals surface area contributed by atoms with Crippen LogP contribution in [0.3, 0.4) is 0 Å². The highest BCUT2D eigenvalue weighted by atomic mass is 32.1. The predicted molar refractivity (Wildman–Crippen MR) is 86.1 cm³/mol. The van der Waals surface area contributed by atoms with Gasteiger partial charge in [0.05, 0.1) is 0 Å². The molecular weight excluding hydrogens is 284 g/mol.